The van der Waals surface area contributed by atoms with Crippen molar-refractivity contribution in [2.24, 2.45) is 0 Å². The number of rotatable bonds is 12. The lowest BCUT2D eigenvalue weighted by Gasteiger charge is -2.24. The van der Waals surface area contributed by atoms with Gasteiger partial charge in [0.15, 0.2) is 0 Å². The monoisotopic (exact) mass is 575 g/mol. The molecule has 0 spiro atoms. The van der Waals surface area contributed by atoms with Crippen molar-refractivity contribution in [3.63, 3.8) is 0 Å². The molecule has 224 valence electrons. The third kappa shape index (κ3) is 6.85. The molecule has 11 nitrogen and oxygen atoms in total. The Labute approximate surface area is 247 Å². The Morgan fingerprint density at radius 1 is 1.07 bits per heavy atom. The molecular formula is C31H41N7O4. The number of fused-ring (bicyclic) bond motifs is 1. The van der Waals surface area contributed by atoms with Gasteiger partial charge in [-0.3, -0.25) is 0 Å². The predicted molar refractivity (Wildman–Crippen MR) is 168 cm³/mol. The third-order valence-corrected chi connectivity index (χ3v) is 6.50. The molecule has 0 aliphatic carbocycles. The maximum atomic E-state index is 13.2. The normalized spacial score (nSPS) is 11.4. The van der Waals surface area contributed by atoms with Gasteiger partial charge in [0.2, 0.25) is 5.95 Å². The van der Waals surface area contributed by atoms with E-state index in [-0.39, 0.29) is 23.7 Å². The van der Waals surface area contributed by atoms with Gasteiger partial charge in [0.05, 0.1) is 47.7 Å². The highest BCUT2D eigenvalue weighted by Crippen LogP contribution is 2.37. The number of likely N-dealkylation sites (N-methyl/N-ethyl adjacent to an activating group) is 2. The fraction of sp³-hybridized carbons (Fsp3) is 0.387. The van der Waals surface area contributed by atoms with Gasteiger partial charge in [-0.2, -0.15) is 4.73 Å². The quantitative estimate of drug-likeness (QED) is 0.179. The Hall–Kier alpha value is -4.51. The summed E-state index contributed by atoms with van der Waals surface area (Å²) in [6.07, 6.45) is 2.93. The maximum absolute atomic E-state index is 13.2. The van der Waals surface area contributed by atoms with E-state index < -0.39 is 5.97 Å². The van der Waals surface area contributed by atoms with Crippen LogP contribution in [0.15, 0.2) is 48.8 Å². The molecule has 0 bridgehead atoms. The highest BCUT2D eigenvalue weighted by atomic mass is 16.7. The summed E-state index contributed by atoms with van der Waals surface area (Å²) in [5.41, 5.74) is 10.7. The first-order chi connectivity index (χ1) is 20.0. The SMILES string of the molecule is COc1cc(N(C)CCN(C)C)c(N)cc1Nc1ncc(C(=O)OC(C)C)c(-c2cn(OC(C)C)c3ccccc23)n1. The molecule has 0 aliphatic rings. The van der Waals surface area contributed by atoms with Crippen molar-refractivity contribution in [2.75, 3.05) is 57.3 Å². The minimum atomic E-state index is -0.514. The summed E-state index contributed by atoms with van der Waals surface area (Å²) in [5.74, 6) is 0.325. The van der Waals surface area contributed by atoms with Gasteiger partial charge >= 0.3 is 5.97 Å². The highest BCUT2D eigenvalue weighted by Gasteiger charge is 2.23. The number of nitrogens with two attached hydrogens (primary N) is 1. The van der Waals surface area contributed by atoms with Gasteiger partial charge < -0.3 is 35.2 Å². The van der Waals surface area contributed by atoms with Crippen LogP contribution in [0.3, 0.4) is 0 Å². The summed E-state index contributed by atoms with van der Waals surface area (Å²) in [5, 5.41) is 4.11. The molecule has 3 N–H and O–H groups in total. The number of nitrogens with one attached hydrogen (secondary N) is 1. The molecule has 2 aromatic heterocycles. The number of nitrogens with zero attached hydrogens (tertiary/aromatic N) is 5. The van der Waals surface area contributed by atoms with Crippen LogP contribution in [-0.4, -0.2) is 79.1 Å². The summed E-state index contributed by atoms with van der Waals surface area (Å²) in [7, 11) is 7.65. The first kappa shape index (κ1) is 30.4. The molecule has 42 heavy (non-hydrogen) atoms. The van der Waals surface area contributed by atoms with Crippen LogP contribution in [0.1, 0.15) is 38.1 Å². The lowest BCUT2D eigenvalue weighted by Crippen LogP contribution is -2.29. The van der Waals surface area contributed by atoms with E-state index in [4.69, 9.17) is 25.0 Å². The number of aromatic nitrogens is 3. The number of nitrogen functional groups attached to an aromatic ring is 1. The van der Waals surface area contributed by atoms with Crippen LogP contribution in [0, 0.1) is 0 Å². The van der Waals surface area contributed by atoms with Gasteiger partial charge in [-0.1, -0.05) is 18.2 Å². The number of carbonyl (C=O) groups excluding carboxylic acids is 1. The van der Waals surface area contributed by atoms with Crippen LogP contribution in [0.2, 0.25) is 0 Å². The topological polar surface area (TPSA) is 120 Å². The lowest BCUT2D eigenvalue weighted by atomic mass is 10.1. The average Bonchev–Trinajstić information content (AvgIpc) is 3.29. The molecule has 4 aromatic rings. The number of hydrogen-bond acceptors (Lipinski definition) is 10. The van der Waals surface area contributed by atoms with Gasteiger partial charge in [-0.25, -0.2) is 14.8 Å². The Kier molecular flexibility index (Phi) is 9.41. The van der Waals surface area contributed by atoms with Crippen LogP contribution in [0.25, 0.3) is 22.2 Å². The zero-order valence-electron chi connectivity index (χ0n) is 25.6. The molecule has 0 radical (unpaired) electrons. The van der Waals surface area contributed by atoms with Crippen molar-refractivity contribution in [2.45, 2.75) is 39.9 Å². The fourth-order valence-corrected chi connectivity index (χ4v) is 4.50. The summed E-state index contributed by atoms with van der Waals surface area (Å²) >= 11 is 0. The molecule has 2 aromatic carbocycles. The van der Waals surface area contributed by atoms with Gasteiger partial charge in [-0.05, 0) is 53.9 Å². The van der Waals surface area contributed by atoms with E-state index in [1.54, 1.807) is 31.8 Å². The second-order valence-electron chi connectivity index (χ2n) is 10.9. The van der Waals surface area contributed by atoms with Crippen molar-refractivity contribution in [3.8, 4) is 17.0 Å². The number of hydrogen-bond donors (Lipinski definition) is 2. The van der Waals surface area contributed by atoms with E-state index >= 15 is 0 Å². The minimum Gasteiger partial charge on any atom is -0.494 e. The second-order valence-corrected chi connectivity index (χ2v) is 10.9. The van der Waals surface area contributed by atoms with Crippen LogP contribution in [0.5, 0.6) is 5.75 Å². The van der Waals surface area contributed by atoms with E-state index in [2.05, 4.69) is 20.1 Å². The largest absolute Gasteiger partial charge is 0.494 e. The summed E-state index contributed by atoms with van der Waals surface area (Å²) in [6.45, 7) is 9.18. The minimum absolute atomic E-state index is 0.0653. The molecule has 4 rings (SSSR count). The smallest absolute Gasteiger partial charge is 0.342 e. The zero-order valence-corrected chi connectivity index (χ0v) is 25.6. The molecule has 0 fully saturated rings. The van der Waals surface area contributed by atoms with Crippen LogP contribution >= 0.6 is 0 Å². The molecule has 0 atom stereocenters. The standard InChI is InChI=1S/C31H41N7O4/c1-19(2)41-30(39)22-17-33-31(34-25-15-24(32)27(16-28(25)40-8)37(7)14-13-36(5)6)35-29(22)23-18-38(42-20(3)4)26-12-10-9-11-21(23)26/h9-12,15-20H,13-14,32H2,1-8H3,(H,33,34,35). The van der Waals surface area contributed by atoms with Gasteiger partial charge in [0, 0.05) is 43.4 Å². The fourth-order valence-electron chi connectivity index (χ4n) is 4.50. The maximum Gasteiger partial charge on any atom is 0.342 e. The first-order valence-corrected chi connectivity index (χ1v) is 13.9. The summed E-state index contributed by atoms with van der Waals surface area (Å²) in [4.78, 5) is 32.7. The van der Waals surface area contributed by atoms with Crippen molar-refractivity contribution >= 4 is 39.9 Å². The van der Waals surface area contributed by atoms with E-state index in [9.17, 15) is 4.79 Å². The number of methoxy groups -OCH3 is 1. The summed E-state index contributed by atoms with van der Waals surface area (Å²) < 4.78 is 12.9. The van der Waals surface area contributed by atoms with Crippen LogP contribution in [-0.2, 0) is 4.74 Å². The Bertz CT molecular complexity index is 1550. The van der Waals surface area contributed by atoms with E-state index in [0.717, 1.165) is 29.7 Å². The summed E-state index contributed by atoms with van der Waals surface area (Å²) in [6, 6.07) is 11.5. The zero-order chi connectivity index (χ0) is 30.6. The van der Waals surface area contributed by atoms with Gasteiger partial charge in [0.25, 0.3) is 0 Å². The number of carbonyl (C=O) groups is 1. The Morgan fingerprint density at radius 3 is 2.48 bits per heavy atom. The number of anilines is 4. The van der Waals surface area contributed by atoms with Crippen molar-refractivity contribution in [1.29, 1.82) is 0 Å². The molecular weight excluding hydrogens is 534 g/mol. The molecule has 11 heteroatoms. The molecule has 0 saturated heterocycles. The molecule has 0 unspecified atom stereocenters. The van der Waals surface area contributed by atoms with E-state index in [0.29, 0.717) is 28.4 Å². The highest BCUT2D eigenvalue weighted by molar-refractivity contribution is 6.03. The van der Waals surface area contributed by atoms with E-state index in [1.807, 2.05) is 71.5 Å². The number of para-hydroxylation sites is 1. The Balaban J connectivity index is 1.79. The van der Waals surface area contributed by atoms with E-state index in [1.165, 1.54) is 6.20 Å². The van der Waals surface area contributed by atoms with Crippen molar-refractivity contribution < 1.29 is 19.1 Å². The number of esters is 1. The van der Waals surface area contributed by atoms with Gasteiger partial charge in [0.1, 0.15) is 17.4 Å². The van der Waals surface area contributed by atoms with Crippen molar-refractivity contribution in [3.05, 3.63) is 54.4 Å². The Morgan fingerprint density at radius 2 is 1.81 bits per heavy atom. The molecule has 0 aliphatic heterocycles. The molecule has 0 amide bonds. The average molecular weight is 576 g/mol. The third-order valence-electron chi connectivity index (χ3n) is 6.50. The van der Waals surface area contributed by atoms with Crippen LogP contribution < -0.4 is 25.5 Å². The number of benzene rings is 2. The first-order valence-electron chi connectivity index (χ1n) is 13.9. The second kappa shape index (κ2) is 13.0. The van der Waals surface area contributed by atoms with Gasteiger partial charge in [-0.15, -0.1) is 0 Å². The predicted octanol–water partition coefficient (Wildman–Crippen LogP) is 4.83. The lowest BCUT2D eigenvalue weighted by molar-refractivity contribution is 0.0378. The van der Waals surface area contributed by atoms with Crippen LogP contribution in [0.4, 0.5) is 23.0 Å². The molecule has 0 saturated carbocycles. The molecule has 2 heterocycles. The number of ether oxygens (including phenoxy) is 2. The van der Waals surface area contributed by atoms with Crippen molar-refractivity contribution in [1.82, 2.24) is 19.6 Å².